The predicted molar refractivity (Wildman–Crippen MR) is 81.8 cm³/mol. The summed E-state index contributed by atoms with van der Waals surface area (Å²) >= 11 is 0. The zero-order valence-corrected chi connectivity index (χ0v) is 13.0. The Hall–Kier alpha value is -1.96. The van der Waals surface area contributed by atoms with E-state index in [0.29, 0.717) is 19.0 Å². The minimum atomic E-state index is -0.441. The molecule has 0 saturated carbocycles. The second kappa shape index (κ2) is 8.35. The summed E-state index contributed by atoms with van der Waals surface area (Å²) in [5.74, 6) is 0.559. The van der Waals surface area contributed by atoms with E-state index in [4.69, 9.17) is 4.74 Å². The molecular weight excluding hydrogens is 274 g/mol. The summed E-state index contributed by atoms with van der Waals surface area (Å²) in [5, 5.41) is 14.2. The van der Waals surface area contributed by atoms with Crippen LogP contribution in [-0.4, -0.2) is 48.2 Å². The third-order valence-corrected chi connectivity index (χ3v) is 3.41. The molecule has 118 valence electrons. The topological polar surface area (TPSA) is 93.4 Å². The molecule has 0 radical (unpaired) electrons. The van der Waals surface area contributed by atoms with Gasteiger partial charge >= 0.3 is 5.69 Å². The molecule has 0 atom stereocenters. The first-order valence-corrected chi connectivity index (χ1v) is 7.03. The summed E-state index contributed by atoms with van der Waals surface area (Å²) in [6.07, 6.45) is 3.09. The number of methoxy groups -OCH3 is 1. The smallest absolute Gasteiger partial charge is 0.353 e. The average molecular weight is 297 g/mol. The highest BCUT2D eigenvalue weighted by Crippen LogP contribution is 2.33. The summed E-state index contributed by atoms with van der Waals surface area (Å²) in [6.45, 7) is 5.14. The van der Waals surface area contributed by atoms with Crippen molar-refractivity contribution in [3.8, 4) is 0 Å². The fourth-order valence-corrected chi connectivity index (χ4v) is 2.31. The number of nitro groups is 1. The van der Waals surface area contributed by atoms with Crippen molar-refractivity contribution >= 4 is 17.3 Å². The van der Waals surface area contributed by atoms with Gasteiger partial charge in [0.05, 0.1) is 11.5 Å². The van der Waals surface area contributed by atoms with Gasteiger partial charge in [0.25, 0.3) is 0 Å². The second-order valence-corrected chi connectivity index (χ2v) is 4.56. The quantitative estimate of drug-likeness (QED) is 0.550. The van der Waals surface area contributed by atoms with Crippen LogP contribution in [0.3, 0.4) is 0 Å². The fourth-order valence-electron chi connectivity index (χ4n) is 2.31. The molecule has 0 aromatic carbocycles. The molecule has 1 rings (SSSR count). The monoisotopic (exact) mass is 297 g/mol. The summed E-state index contributed by atoms with van der Waals surface area (Å²) in [4.78, 5) is 21.0. The van der Waals surface area contributed by atoms with Crippen LogP contribution in [0.15, 0.2) is 6.33 Å². The van der Waals surface area contributed by atoms with Gasteiger partial charge in [0, 0.05) is 26.7 Å². The molecule has 0 aliphatic heterocycles. The Labute approximate surface area is 124 Å². The van der Waals surface area contributed by atoms with E-state index in [2.05, 4.69) is 29.1 Å². The number of rotatable bonds is 9. The normalized spacial score (nSPS) is 10.7. The third-order valence-electron chi connectivity index (χ3n) is 3.41. The van der Waals surface area contributed by atoms with Crippen LogP contribution >= 0.6 is 0 Å². The Morgan fingerprint density at radius 2 is 2.10 bits per heavy atom. The number of nitrogens with zero attached hydrogens (tertiary/aromatic N) is 4. The predicted octanol–water partition coefficient (Wildman–Crippen LogP) is 2.07. The fraction of sp³-hybridized carbons (Fsp3) is 0.692. The lowest BCUT2D eigenvalue weighted by atomic mass is 10.1. The number of anilines is 2. The molecule has 0 aliphatic rings. The van der Waals surface area contributed by atoms with Gasteiger partial charge in [-0.2, -0.15) is 0 Å². The number of hydrogen-bond donors (Lipinski definition) is 1. The van der Waals surface area contributed by atoms with Crippen molar-refractivity contribution in [1.82, 2.24) is 9.97 Å². The van der Waals surface area contributed by atoms with Crippen LogP contribution in [0.25, 0.3) is 0 Å². The first-order valence-electron chi connectivity index (χ1n) is 7.03. The third kappa shape index (κ3) is 4.01. The maximum atomic E-state index is 11.4. The van der Waals surface area contributed by atoms with Gasteiger partial charge in [-0.3, -0.25) is 10.1 Å². The lowest BCUT2D eigenvalue weighted by Crippen LogP contribution is -2.38. The van der Waals surface area contributed by atoms with E-state index in [1.807, 2.05) is 4.90 Å². The van der Waals surface area contributed by atoms with E-state index in [-0.39, 0.29) is 17.5 Å². The van der Waals surface area contributed by atoms with Gasteiger partial charge < -0.3 is 15.0 Å². The van der Waals surface area contributed by atoms with Crippen molar-refractivity contribution < 1.29 is 9.66 Å². The number of nitrogens with one attached hydrogen (secondary N) is 1. The lowest BCUT2D eigenvalue weighted by molar-refractivity contribution is -0.383. The average Bonchev–Trinajstić information content (AvgIpc) is 2.50. The molecule has 8 nitrogen and oxygen atoms in total. The molecule has 8 heteroatoms. The number of ether oxygens (including phenoxy) is 1. The number of hydrogen-bond acceptors (Lipinski definition) is 7. The molecule has 1 N–H and O–H groups in total. The molecule has 1 aromatic heterocycles. The van der Waals surface area contributed by atoms with Crippen LogP contribution in [0.2, 0.25) is 0 Å². The molecular formula is C13H23N5O3. The SMILES string of the molecule is CCC(CC)N(CCOC)c1ncnc(NC)c1[N+](=O)[O-]. The van der Waals surface area contributed by atoms with Crippen LogP contribution in [0, 0.1) is 10.1 Å². The zero-order valence-electron chi connectivity index (χ0n) is 13.0. The van der Waals surface area contributed by atoms with Gasteiger partial charge in [-0.25, -0.2) is 9.97 Å². The number of aromatic nitrogens is 2. The first kappa shape index (κ1) is 17.1. The zero-order chi connectivity index (χ0) is 15.8. The van der Waals surface area contributed by atoms with E-state index in [0.717, 1.165) is 12.8 Å². The van der Waals surface area contributed by atoms with E-state index in [1.165, 1.54) is 6.33 Å². The van der Waals surface area contributed by atoms with Crippen LogP contribution < -0.4 is 10.2 Å². The van der Waals surface area contributed by atoms with Gasteiger partial charge in [0.2, 0.25) is 11.6 Å². The van der Waals surface area contributed by atoms with Crippen molar-refractivity contribution in [2.75, 3.05) is 37.5 Å². The minimum Gasteiger partial charge on any atom is -0.383 e. The summed E-state index contributed by atoms with van der Waals surface area (Å²) < 4.78 is 5.12. The maximum absolute atomic E-state index is 11.4. The highest BCUT2D eigenvalue weighted by Gasteiger charge is 2.29. The Balaban J connectivity index is 3.31. The molecule has 0 saturated heterocycles. The van der Waals surface area contributed by atoms with Crippen molar-refractivity contribution in [1.29, 1.82) is 0 Å². The first-order chi connectivity index (χ1) is 10.1. The van der Waals surface area contributed by atoms with E-state index < -0.39 is 4.92 Å². The molecule has 0 fully saturated rings. The van der Waals surface area contributed by atoms with Gasteiger partial charge in [-0.05, 0) is 12.8 Å². The largest absolute Gasteiger partial charge is 0.383 e. The Kier molecular flexibility index (Phi) is 6.80. The van der Waals surface area contributed by atoms with E-state index in [1.54, 1.807) is 14.2 Å². The van der Waals surface area contributed by atoms with Crippen LogP contribution in [0.1, 0.15) is 26.7 Å². The molecule has 1 heterocycles. The van der Waals surface area contributed by atoms with Crippen molar-refractivity contribution in [2.24, 2.45) is 0 Å². The van der Waals surface area contributed by atoms with Crippen molar-refractivity contribution in [2.45, 2.75) is 32.7 Å². The summed E-state index contributed by atoms with van der Waals surface area (Å²) in [7, 11) is 3.22. The lowest BCUT2D eigenvalue weighted by Gasteiger charge is -2.31. The molecule has 21 heavy (non-hydrogen) atoms. The van der Waals surface area contributed by atoms with Crippen LogP contribution in [0.4, 0.5) is 17.3 Å². The molecule has 1 aromatic rings. The molecule has 0 amide bonds. The highest BCUT2D eigenvalue weighted by atomic mass is 16.6. The summed E-state index contributed by atoms with van der Waals surface area (Å²) in [6, 6.07) is 0.165. The standard InChI is InChI=1S/C13H23N5O3/c1-5-10(6-2)17(7-8-21-4)13-11(18(19)20)12(14-3)15-9-16-13/h9-10H,5-8H2,1-4H3,(H,14,15,16). The van der Waals surface area contributed by atoms with Gasteiger partial charge in [0.15, 0.2) is 0 Å². The van der Waals surface area contributed by atoms with Gasteiger partial charge in [-0.1, -0.05) is 13.8 Å². The Morgan fingerprint density at radius 3 is 2.57 bits per heavy atom. The van der Waals surface area contributed by atoms with Crippen molar-refractivity contribution in [3.05, 3.63) is 16.4 Å². The Bertz CT molecular complexity index is 465. The van der Waals surface area contributed by atoms with Gasteiger partial charge in [0.1, 0.15) is 6.33 Å². The van der Waals surface area contributed by atoms with Crippen LogP contribution in [-0.2, 0) is 4.74 Å². The molecule has 0 unspecified atom stereocenters. The highest BCUT2D eigenvalue weighted by molar-refractivity contribution is 5.70. The van der Waals surface area contributed by atoms with E-state index >= 15 is 0 Å². The van der Waals surface area contributed by atoms with E-state index in [9.17, 15) is 10.1 Å². The van der Waals surface area contributed by atoms with Gasteiger partial charge in [-0.15, -0.1) is 0 Å². The Morgan fingerprint density at radius 1 is 1.43 bits per heavy atom. The molecule has 0 bridgehead atoms. The second-order valence-electron chi connectivity index (χ2n) is 4.56. The van der Waals surface area contributed by atoms with Crippen LogP contribution in [0.5, 0.6) is 0 Å². The van der Waals surface area contributed by atoms with Crippen molar-refractivity contribution in [3.63, 3.8) is 0 Å². The molecule has 0 spiro atoms. The minimum absolute atomic E-state index is 0.0944. The molecule has 0 aliphatic carbocycles. The summed E-state index contributed by atoms with van der Waals surface area (Å²) in [5.41, 5.74) is -0.0944. The maximum Gasteiger partial charge on any atom is 0.353 e.